The highest BCUT2D eigenvalue weighted by Crippen LogP contribution is 2.24. The van der Waals surface area contributed by atoms with Crippen molar-refractivity contribution in [2.24, 2.45) is 0 Å². The average Bonchev–Trinajstić information content (AvgIpc) is 3.18. The lowest BCUT2D eigenvalue weighted by Gasteiger charge is -2.17. The SMILES string of the molecule is O=C(CC(c1ccsc1)n1cccc1)Nc1nn[nH]n1. The van der Waals surface area contributed by atoms with Gasteiger partial charge < -0.3 is 4.57 Å². The van der Waals surface area contributed by atoms with Crippen molar-refractivity contribution in [3.8, 4) is 0 Å². The number of thiophene rings is 1. The van der Waals surface area contributed by atoms with Crippen molar-refractivity contribution >= 4 is 23.2 Å². The molecule has 3 aromatic rings. The van der Waals surface area contributed by atoms with Crippen LogP contribution in [0.2, 0.25) is 0 Å². The number of nitrogens with zero attached hydrogens (tertiary/aromatic N) is 4. The van der Waals surface area contributed by atoms with Crippen LogP contribution in [0.3, 0.4) is 0 Å². The lowest BCUT2D eigenvalue weighted by Crippen LogP contribution is -2.19. The molecule has 7 nitrogen and oxygen atoms in total. The van der Waals surface area contributed by atoms with Gasteiger partial charge in [0, 0.05) is 12.4 Å². The van der Waals surface area contributed by atoms with Gasteiger partial charge in [0.05, 0.1) is 12.5 Å². The number of tetrazole rings is 1. The van der Waals surface area contributed by atoms with Crippen molar-refractivity contribution in [2.75, 3.05) is 5.32 Å². The first-order valence-corrected chi connectivity index (χ1v) is 6.95. The van der Waals surface area contributed by atoms with E-state index in [1.807, 2.05) is 45.9 Å². The van der Waals surface area contributed by atoms with Gasteiger partial charge in [-0.05, 0) is 39.7 Å². The van der Waals surface area contributed by atoms with Gasteiger partial charge in [-0.25, -0.2) is 0 Å². The molecule has 0 spiro atoms. The molecule has 20 heavy (non-hydrogen) atoms. The van der Waals surface area contributed by atoms with E-state index in [9.17, 15) is 4.79 Å². The Bertz CT molecular complexity index is 612. The first-order chi connectivity index (χ1) is 9.83. The summed E-state index contributed by atoms with van der Waals surface area (Å²) in [6.07, 6.45) is 4.20. The zero-order chi connectivity index (χ0) is 13.8. The van der Waals surface area contributed by atoms with Crippen molar-refractivity contribution in [2.45, 2.75) is 12.5 Å². The van der Waals surface area contributed by atoms with Crippen molar-refractivity contribution in [3.05, 3.63) is 46.9 Å². The molecule has 0 aromatic carbocycles. The fraction of sp³-hybridized carbons (Fsp3) is 0.167. The summed E-state index contributed by atoms with van der Waals surface area (Å²) < 4.78 is 2.01. The van der Waals surface area contributed by atoms with E-state index in [1.54, 1.807) is 11.3 Å². The fourth-order valence-electron chi connectivity index (χ4n) is 1.98. The maximum absolute atomic E-state index is 12.1. The molecule has 2 N–H and O–H groups in total. The molecular formula is C12H12N6OS. The van der Waals surface area contributed by atoms with Crippen LogP contribution in [0.4, 0.5) is 5.95 Å². The third-order valence-corrected chi connectivity index (χ3v) is 3.59. The van der Waals surface area contributed by atoms with Gasteiger partial charge >= 0.3 is 0 Å². The zero-order valence-corrected chi connectivity index (χ0v) is 11.2. The Labute approximate surface area is 118 Å². The van der Waals surface area contributed by atoms with Crippen molar-refractivity contribution < 1.29 is 4.79 Å². The number of aromatic nitrogens is 5. The minimum Gasteiger partial charge on any atom is -0.346 e. The van der Waals surface area contributed by atoms with Crippen LogP contribution in [-0.4, -0.2) is 31.1 Å². The van der Waals surface area contributed by atoms with Crippen LogP contribution in [0.1, 0.15) is 18.0 Å². The van der Waals surface area contributed by atoms with Gasteiger partial charge in [-0.1, -0.05) is 5.10 Å². The molecule has 0 saturated carbocycles. The van der Waals surface area contributed by atoms with Crippen molar-refractivity contribution in [1.82, 2.24) is 25.2 Å². The summed E-state index contributed by atoms with van der Waals surface area (Å²) in [6.45, 7) is 0. The summed E-state index contributed by atoms with van der Waals surface area (Å²) in [4.78, 5) is 12.1. The molecule has 3 heterocycles. The van der Waals surface area contributed by atoms with Crippen LogP contribution < -0.4 is 5.32 Å². The van der Waals surface area contributed by atoms with E-state index in [2.05, 4.69) is 25.9 Å². The summed E-state index contributed by atoms with van der Waals surface area (Å²) in [5, 5.41) is 19.8. The smallest absolute Gasteiger partial charge is 0.269 e. The van der Waals surface area contributed by atoms with E-state index in [0.717, 1.165) is 5.56 Å². The molecule has 0 aliphatic rings. The van der Waals surface area contributed by atoms with Gasteiger partial charge in [-0.2, -0.15) is 16.6 Å². The first-order valence-electron chi connectivity index (χ1n) is 6.01. The predicted octanol–water partition coefficient (Wildman–Crippen LogP) is 1.68. The van der Waals surface area contributed by atoms with E-state index >= 15 is 0 Å². The monoisotopic (exact) mass is 288 g/mol. The number of carbonyl (C=O) groups excluding carboxylic acids is 1. The molecule has 1 unspecified atom stereocenters. The highest BCUT2D eigenvalue weighted by Gasteiger charge is 2.18. The van der Waals surface area contributed by atoms with E-state index < -0.39 is 0 Å². The summed E-state index contributed by atoms with van der Waals surface area (Å²) in [6, 6.07) is 5.87. The molecule has 3 rings (SSSR count). The number of aromatic amines is 1. The molecule has 3 aromatic heterocycles. The Balaban J connectivity index is 1.75. The number of amides is 1. The molecule has 0 aliphatic carbocycles. The molecule has 0 radical (unpaired) electrons. The van der Waals surface area contributed by atoms with Crippen molar-refractivity contribution in [1.29, 1.82) is 0 Å². The molecule has 0 aliphatic heterocycles. The summed E-state index contributed by atoms with van der Waals surface area (Å²) >= 11 is 1.61. The average molecular weight is 288 g/mol. The highest BCUT2D eigenvalue weighted by atomic mass is 32.1. The Morgan fingerprint density at radius 1 is 1.45 bits per heavy atom. The lowest BCUT2D eigenvalue weighted by molar-refractivity contribution is -0.116. The summed E-state index contributed by atoms with van der Waals surface area (Å²) in [5.74, 6) is 0.0304. The van der Waals surface area contributed by atoms with Crippen LogP contribution in [0.25, 0.3) is 0 Å². The van der Waals surface area contributed by atoms with Crippen LogP contribution in [-0.2, 0) is 4.79 Å². The van der Waals surface area contributed by atoms with Crippen LogP contribution in [0.15, 0.2) is 41.4 Å². The lowest BCUT2D eigenvalue weighted by atomic mass is 10.1. The predicted molar refractivity (Wildman–Crippen MR) is 74.3 cm³/mol. The molecule has 8 heteroatoms. The minimum atomic E-state index is -0.156. The molecule has 1 atom stereocenters. The minimum absolute atomic E-state index is 0.0387. The summed E-state index contributed by atoms with van der Waals surface area (Å²) in [5.41, 5.74) is 1.11. The Morgan fingerprint density at radius 2 is 2.30 bits per heavy atom. The van der Waals surface area contributed by atoms with Gasteiger partial charge in [0.1, 0.15) is 0 Å². The number of hydrogen-bond acceptors (Lipinski definition) is 5. The van der Waals surface area contributed by atoms with Gasteiger partial charge in [0.2, 0.25) is 5.91 Å². The normalized spacial score (nSPS) is 12.2. The largest absolute Gasteiger partial charge is 0.346 e. The second kappa shape index (κ2) is 5.66. The molecule has 0 bridgehead atoms. The zero-order valence-electron chi connectivity index (χ0n) is 10.4. The van der Waals surface area contributed by atoms with Crippen LogP contribution in [0.5, 0.6) is 0 Å². The second-order valence-electron chi connectivity index (χ2n) is 4.19. The molecule has 1 amide bonds. The van der Waals surface area contributed by atoms with Gasteiger partial charge in [0.25, 0.3) is 5.95 Å². The third kappa shape index (κ3) is 2.75. The fourth-order valence-corrected chi connectivity index (χ4v) is 2.69. The quantitative estimate of drug-likeness (QED) is 0.747. The van der Waals surface area contributed by atoms with Crippen LogP contribution in [0, 0.1) is 0 Å². The van der Waals surface area contributed by atoms with Crippen LogP contribution >= 0.6 is 11.3 Å². The van der Waals surface area contributed by atoms with Gasteiger partial charge in [-0.3, -0.25) is 10.1 Å². The van der Waals surface area contributed by atoms with E-state index in [0.29, 0.717) is 6.42 Å². The second-order valence-corrected chi connectivity index (χ2v) is 4.97. The molecule has 102 valence electrons. The first kappa shape index (κ1) is 12.5. The topological polar surface area (TPSA) is 88.5 Å². The molecular weight excluding hydrogens is 276 g/mol. The Kier molecular flexibility index (Phi) is 3.55. The number of hydrogen-bond donors (Lipinski definition) is 2. The highest BCUT2D eigenvalue weighted by molar-refractivity contribution is 7.07. The number of nitrogens with one attached hydrogen (secondary N) is 2. The molecule has 0 saturated heterocycles. The molecule has 0 fully saturated rings. The maximum Gasteiger partial charge on any atom is 0.269 e. The van der Waals surface area contributed by atoms with E-state index in [-0.39, 0.29) is 17.9 Å². The Morgan fingerprint density at radius 3 is 2.95 bits per heavy atom. The van der Waals surface area contributed by atoms with E-state index in [1.165, 1.54) is 0 Å². The number of anilines is 1. The van der Waals surface area contributed by atoms with E-state index in [4.69, 9.17) is 0 Å². The van der Waals surface area contributed by atoms with Gasteiger partial charge in [0.15, 0.2) is 0 Å². The maximum atomic E-state index is 12.1. The Hall–Kier alpha value is -2.48. The van der Waals surface area contributed by atoms with Crippen molar-refractivity contribution in [3.63, 3.8) is 0 Å². The van der Waals surface area contributed by atoms with Gasteiger partial charge in [-0.15, -0.1) is 5.10 Å². The number of carbonyl (C=O) groups is 1. The standard InChI is InChI=1S/C12H12N6OS/c19-11(13-12-14-16-17-15-12)7-10(9-3-6-20-8-9)18-4-1-2-5-18/h1-6,8,10H,7H2,(H2,13,14,15,16,17,19). The number of H-pyrrole nitrogens is 1. The number of rotatable bonds is 5. The summed E-state index contributed by atoms with van der Waals surface area (Å²) in [7, 11) is 0. The third-order valence-electron chi connectivity index (χ3n) is 2.89.